The number of H-pyrrole nitrogens is 1. The van der Waals surface area contributed by atoms with Gasteiger partial charge in [-0.15, -0.1) is 5.10 Å². The van der Waals surface area contributed by atoms with E-state index in [-0.39, 0.29) is 5.82 Å². The van der Waals surface area contributed by atoms with E-state index in [1.165, 1.54) is 0 Å². The maximum atomic E-state index is 11.3. The number of nitrogens with two attached hydrogens (primary N) is 1. The molecule has 1 unspecified atom stereocenters. The van der Waals surface area contributed by atoms with E-state index in [0.29, 0.717) is 32.1 Å². The Labute approximate surface area is 92.3 Å². The van der Waals surface area contributed by atoms with Crippen LogP contribution in [0.2, 0.25) is 0 Å². The van der Waals surface area contributed by atoms with Crippen LogP contribution in [0.1, 0.15) is 29.8 Å². The highest BCUT2D eigenvalue weighted by molar-refractivity contribution is 5.84. The molecule has 2 heterocycles. The van der Waals surface area contributed by atoms with Crippen molar-refractivity contribution in [3.8, 4) is 0 Å². The molecule has 0 aromatic carbocycles. The molecule has 0 bridgehead atoms. The summed E-state index contributed by atoms with van der Waals surface area (Å²) in [6.07, 6.45) is 0.657. The summed E-state index contributed by atoms with van der Waals surface area (Å²) in [6.45, 7) is 2.98. The van der Waals surface area contributed by atoms with Gasteiger partial charge >= 0.3 is 5.97 Å². The lowest BCUT2D eigenvalue weighted by atomic mass is 10.00. The van der Waals surface area contributed by atoms with Crippen LogP contribution in [0.15, 0.2) is 0 Å². The Morgan fingerprint density at radius 3 is 3.19 bits per heavy atom. The summed E-state index contributed by atoms with van der Waals surface area (Å²) in [5, 5.41) is 6.44. The molecule has 2 rings (SSSR count). The zero-order valence-electron chi connectivity index (χ0n) is 9.02. The van der Waals surface area contributed by atoms with E-state index >= 15 is 0 Å². The van der Waals surface area contributed by atoms with Crippen LogP contribution in [0.3, 0.4) is 0 Å². The van der Waals surface area contributed by atoms with E-state index in [1.807, 2.05) is 0 Å². The molecule has 1 fully saturated rings. The van der Waals surface area contributed by atoms with E-state index in [4.69, 9.17) is 15.2 Å². The first kappa shape index (κ1) is 11.0. The van der Waals surface area contributed by atoms with E-state index in [1.54, 1.807) is 6.92 Å². The van der Waals surface area contributed by atoms with Gasteiger partial charge < -0.3 is 15.2 Å². The zero-order valence-corrected chi connectivity index (χ0v) is 9.02. The van der Waals surface area contributed by atoms with Gasteiger partial charge in [-0.2, -0.15) is 0 Å². The summed E-state index contributed by atoms with van der Waals surface area (Å²) >= 11 is 0. The summed E-state index contributed by atoms with van der Waals surface area (Å²) < 4.78 is 9.98. The average molecular weight is 226 g/mol. The van der Waals surface area contributed by atoms with Crippen LogP contribution in [0, 0.1) is 0 Å². The van der Waals surface area contributed by atoms with Crippen LogP contribution >= 0.6 is 0 Å². The quantitative estimate of drug-likeness (QED) is 0.677. The molecule has 0 spiro atoms. The lowest BCUT2D eigenvalue weighted by molar-refractivity contribution is 0.0512. The van der Waals surface area contributed by atoms with Gasteiger partial charge in [0.1, 0.15) is 11.4 Å². The lowest BCUT2D eigenvalue weighted by Gasteiger charge is -2.17. The zero-order chi connectivity index (χ0) is 11.6. The average Bonchev–Trinajstić information content (AvgIpc) is 2.86. The number of nitrogens with one attached hydrogen (secondary N) is 1. The predicted molar refractivity (Wildman–Crippen MR) is 53.6 cm³/mol. The van der Waals surface area contributed by atoms with Crippen molar-refractivity contribution in [3.05, 3.63) is 11.6 Å². The third-order valence-corrected chi connectivity index (χ3v) is 2.47. The fourth-order valence-electron chi connectivity index (χ4n) is 1.54. The SMILES string of the molecule is CCOC(=O)c1n[nH]c(C2(N)CCOC2)n1. The Balaban J connectivity index is 2.16. The van der Waals surface area contributed by atoms with Crippen molar-refractivity contribution in [3.63, 3.8) is 0 Å². The number of carbonyl (C=O) groups excluding carboxylic acids is 1. The van der Waals surface area contributed by atoms with Crippen molar-refractivity contribution in [2.75, 3.05) is 19.8 Å². The van der Waals surface area contributed by atoms with Gasteiger partial charge in [0.25, 0.3) is 5.82 Å². The summed E-state index contributed by atoms with van der Waals surface area (Å²) in [4.78, 5) is 15.4. The highest BCUT2D eigenvalue weighted by Crippen LogP contribution is 2.24. The second-order valence-corrected chi connectivity index (χ2v) is 3.69. The Kier molecular flexibility index (Phi) is 2.88. The Bertz CT molecular complexity index is 384. The predicted octanol–water partition coefficient (Wildman–Crippen LogP) is -0.444. The van der Waals surface area contributed by atoms with Crippen molar-refractivity contribution >= 4 is 5.97 Å². The maximum absolute atomic E-state index is 11.3. The molecule has 1 saturated heterocycles. The van der Waals surface area contributed by atoms with Gasteiger partial charge in [-0.05, 0) is 13.3 Å². The molecule has 1 aromatic heterocycles. The van der Waals surface area contributed by atoms with Gasteiger partial charge in [-0.25, -0.2) is 9.78 Å². The molecule has 1 aliphatic rings. The van der Waals surface area contributed by atoms with Gasteiger partial charge in [0.2, 0.25) is 0 Å². The first-order valence-corrected chi connectivity index (χ1v) is 5.12. The summed E-state index contributed by atoms with van der Waals surface area (Å²) in [5.41, 5.74) is 5.39. The molecular formula is C9H14N4O3. The van der Waals surface area contributed by atoms with Crippen LogP contribution in [-0.2, 0) is 15.0 Å². The van der Waals surface area contributed by atoms with Crippen molar-refractivity contribution in [1.29, 1.82) is 0 Å². The van der Waals surface area contributed by atoms with Gasteiger partial charge in [0.15, 0.2) is 0 Å². The summed E-state index contributed by atoms with van der Waals surface area (Å²) in [5.74, 6) is -0.0749. The molecule has 1 aliphatic heterocycles. The van der Waals surface area contributed by atoms with Gasteiger partial charge in [-0.3, -0.25) is 5.10 Å². The number of carbonyl (C=O) groups is 1. The molecule has 0 aliphatic carbocycles. The standard InChI is InChI=1S/C9H14N4O3/c1-2-16-7(14)6-11-8(13-12-6)9(10)3-4-15-5-9/h2-5,10H2,1H3,(H,11,12,13). The molecule has 16 heavy (non-hydrogen) atoms. The smallest absolute Gasteiger partial charge is 0.378 e. The first-order valence-electron chi connectivity index (χ1n) is 5.12. The van der Waals surface area contributed by atoms with Crippen LogP contribution in [-0.4, -0.2) is 41.0 Å². The number of hydrogen-bond donors (Lipinski definition) is 2. The minimum absolute atomic E-state index is 0.00794. The molecule has 0 saturated carbocycles. The van der Waals surface area contributed by atoms with Crippen LogP contribution < -0.4 is 5.73 Å². The molecule has 3 N–H and O–H groups in total. The van der Waals surface area contributed by atoms with Crippen molar-refractivity contribution in [2.45, 2.75) is 18.9 Å². The molecule has 1 atom stereocenters. The summed E-state index contributed by atoms with van der Waals surface area (Å²) in [7, 11) is 0. The number of ether oxygens (including phenoxy) is 2. The lowest BCUT2D eigenvalue weighted by Crippen LogP contribution is -2.38. The fraction of sp³-hybridized carbons (Fsp3) is 0.667. The Morgan fingerprint density at radius 2 is 2.56 bits per heavy atom. The third-order valence-electron chi connectivity index (χ3n) is 2.47. The highest BCUT2D eigenvalue weighted by Gasteiger charge is 2.36. The minimum Gasteiger partial charge on any atom is -0.460 e. The number of aromatic amines is 1. The third kappa shape index (κ3) is 1.91. The summed E-state index contributed by atoms with van der Waals surface area (Å²) in [6, 6.07) is 0. The van der Waals surface area contributed by atoms with E-state index < -0.39 is 11.5 Å². The highest BCUT2D eigenvalue weighted by atomic mass is 16.5. The fourth-order valence-corrected chi connectivity index (χ4v) is 1.54. The van der Waals surface area contributed by atoms with Crippen LogP contribution in [0.5, 0.6) is 0 Å². The minimum atomic E-state index is -0.669. The van der Waals surface area contributed by atoms with Crippen molar-refractivity contribution in [2.24, 2.45) is 5.73 Å². The Hall–Kier alpha value is -1.47. The van der Waals surface area contributed by atoms with Crippen molar-refractivity contribution < 1.29 is 14.3 Å². The van der Waals surface area contributed by atoms with Crippen LogP contribution in [0.4, 0.5) is 0 Å². The first-order chi connectivity index (χ1) is 7.65. The molecule has 1 aromatic rings. The molecule has 88 valence electrons. The van der Waals surface area contributed by atoms with E-state index in [0.717, 1.165) is 0 Å². The van der Waals surface area contributed by atoms with Gasteiger partial charge in [0, 0.05) is 6.61 Å². The number of nitrogens with zero attached hydrogens (tertiary/aromatic N) is 2. The molecular weight excluding hydrogens is 212 g/mol. The van der Waals surface area contributed by atoms with Gasteiger partial charge in [0.05, 0.1) is 13.2 Å². The van der Waals surface area contributed by atoms with E-state index in [9.17, 15) is 4.79 Å². The maximum Gasteiger partial charge on any atom is 0.378 e. The molecule has 7 heteroatoms. The normalized spacial score (nSPS) is 24.6. The Morgan fingerprint density at radius 1 is 1.75 bits per heavy atom. The number of hydrogen-bond acceptors (Lipinski definition) is 6. The second kappa shape index (κ2) is 4.18. The van der Waals surface area contributed by atoms with Crippen molar-refractivity contribution in [1.82, 2.24) is 15.2 Å². The largest absolute Gasteiger partial charge is 0.460 e. The number of rotatable bonds is 3. The molecule has 0 radical (unpaired) electrons. The number of aromatic nitrogens is 3. The monoisotopic (exact) mass is 226 g/mol. The van der Waals surface area contributed by atoms with Gasteiger partial charge in [-0.1, -0.05) is 0 Å². The number of esters is 1. The van der Waals surface area contributed by atoms with E-state index in [2.05, 4.69) is 15.2 Å². The second-order valence-electron chi connectivity index (χ2n) is 3.69. The topological polar surface area (TPSA) is 103 Å². The van der Waals surface area contributed by atoms with Crippen LogP contribution in [0.25, 0.3) is 0 Å². The molecule has 0 amide bonds. The molecule has 7 nitrogen and oxygen atoms in total.